The molecule has 4 nitrogen and oxygen atoms in total. The number of guanidine groups is 1. The van der Waals surface area contributed by atoms with Gasteiger partial charge in [0.05, 0.1) is 6.54 Å². The quantitative estimate of drug-likeness (QED) is 0.666. The number of hydrogen-bond acceptors (Lipinski definition) is 2. The molecule has 25 heavy (non-hydrogen) atoms. The van der Waals surface area contributed by atoms with Crippen molar-refractivity contribution in [3.63, 3.8) is 0 Å². The van der Waals surface area contributed by atoms with E-state index in [1.165, 1.54) is 16.2 Å². The highest BCUT2D eigenvalue weighted by Crippen LogP contribution is 2.28. The van der Waals surface area contributed by atoms with Gasteiger partial charge in [-0.25, -0.2) is 0 Å². The van der Waals surface area contributed by atoms with E-state index in [1.807, 2.05) is 19.1 Å². The minimum atomic E-state index is -4.12. The fraction of sp³-hybridized carbons (Fsp3) is 0.611. The first-order valence-corrected chi connectivity index (χ1v) is 8.89. The zero-order valence-corrected chi connectivity index (χ0v) is 14.5. The lowest BCUT2D eigenvalue weighted by Gasteiger charge is -2.23. The summed E-state index contributed by atoms with van der Waals surface area (Å²) in [5, 5.41) is 3.32. The predicted molar refractivity (Wildman–Crippen MR) is 94.1 cm³/mol. The molecule has 138 valence electrons. The molecule has 0 spiro atoms. The van der Waals surface area contributed by atoms with E-state index in [-0.39, 0.29) is 5.92 Å². The van der Waals surface area contributed by atoms with Crippen molar-refractivity contribution < 1.29 is 13.2 Å². The molecule has 0 bridgehead atoms. The predicted octanol–water partition coefficient (Wildman–Crippen LogP) is 2.90. The van der Waals surface area contributed by atoms with E-state index in [4.69, 9.17) is 4.99 Å². The average molecular weight is 354 g/mol. The molecule has 2 heterocycles. The Kier molecular flexibility index (Phi) is 5.51. The zero-order valence-electron chi connectivity index (χ0n) is 14.5. The summed E-state index contributed by atoms with van der Waals surface area (Å²) >= 11 is 0. The molecule has 3 rings (SSSR count). The SMILES string of the molecule is CCNC(=NCC1CCN(CC(F)(F)F)C1)N1CCc2ccccc21. The summed E-state index contributed by atoms with van der Waals surface area (Å²) in [4.78, 5) is 8.40. The first-order chi connectivity index (χ1) is 12.0. The van der Waals surface area contributed by atoms with Gasteiger partial charge in [-0.3, -0.25) is 9.89 Å². The van der Waals surface area contributed by atoms with Crippen molar-refractivity contribution in [2.45, 2.75) is 25.9 Å². The smallest absolute Gasteiger partial charge is 0.356 e. The number of anilines is 1. The van der Waals surface area contributed by atoms with Crippen LogP contribution in [0.3, 0.4) is 0 Å². The topological polar surface area (TPSA) is 30.9 Å². The Labute approximate surface area is 146 Å². The van der Waals surface area contributed by atoms with Gasteiger partial charge in [0.25, 0.3) is 0 Å². The number of benzene rings is 1. The second-order valence-corrected chi connectivity index (χ2v) is 6.73. The van der Waals surface area contributed by atoms with Gasteiger partial charge in [0, 0.05) is 31.9 Å². The molecule has 0 aromatic heterocycles. The largest absolute Gasteiger partial charge is 0.401 e. The fourth-order valence-corrected chi connectivity index (χ4v) is 3.63. The number of hydrogen-bond donors (Lipinski definition) is 1. The minimum absolute atomic E-state index is 0.189. The van der Waals surface area contributed by atoms with E-state index >= 15 is 0 Å². The molecule has 0 radical (unpaired) electrons. The molecule has 1 aromatic carbocycles. The van der Waals surface area contributed by atoms with E-state index < -0.39 is 12.7 Å². The number of nitrogens with one attached hydrogen (secondary N) is 1. The highest BCUT2D eigenvalue weighted by molar-refractivity contribution is 5.97. The van der Waals surface area contributed by atoms with E-state index in [0.29, 0.717) is 19.6 Å². The Morgan fingerprint density at radius 2 is 2.08 bits per heavy atom. The second kappa shape index (κ2) is 7.64. The number of fused-ring (bicyclic) bond motifs is 1. The van der Waals surface area contributed by atoms with Crippen LogP contribution in [0.1, 0.15) is 18.9 Å². The van der Waals surface area contributed by atoms with Crippen molar-refractivity contribution in [1.29, 1.82) is 0 Å². The Morgan fingerprint density at radius 1 is 1.28 bits per heavy atom. The summed E-state index contributed by atoms with van der Waals surface area (Å²) < 4.78 is 37.5. The molecule has 0 saturated carbocycles. The zero-order chi connectivity index (χ0) is 17.9. The third-order valence-electron chi connectivity index (χ3n) is 4.75. The first kappa shape index (κ1) is 18.0. The van der Waals surface area contributed by atoms with E-state index in [0.717, 1.165) is 31.9 Å². The lowest BCUT2D eigenvalue weighted by molar-refractivity contribution is -0.143. The Balaban J connectivity index is 1.62. The minimum Gasteiger partial charge on any atom is -0.356 e. The van der Waals surface area contributed by atoms with Crippen LogP contribution in [0.15, 0.2) is 29.3 Å². The molecular formula is C18H25F3N4. The maximum absolute atomic E-state index is 12.5. The first-order valence-electron chi connectivity index (χ1n) is 8.89. The second-order valence-electron chi connectivity index (χ2n) is 6.73. The van der Waals surface area contributed by atoms with Crippen LogP contribution in [0, 0.1) is 5.92 Å². The molecule has 0 aliphatic carbocycles. The number of halogens is 3. The van der Waals surface area contributed by atoms with Crippen molar-refractivity contribution in [3.8, 4) is 0 Å². The summed E-state index contributed by atoms with van der Waals surface area (Å²) in [6.07, 6.45) is -2.36. The highest BCUT2D eigenvalue weighted by atomic mass is 19.4. The van der Waals surface area contributed by atoms with Crippen LogP contribution in [0.4, 0.5) is 18.9 Å². The highest BCUT2D eigenvalue weighted by Gasteiger charge is 2.34. The van der Waals surface area contributed by atoms with E-state index in [9.17, 15) is 13.2 Å². The molecule has 7 heteroatoms. The normalized spacial score (nSPS) is 21.7. The van der Waals surface area contributed by atoms with Crippen molar-refractivity contribution in [3.05, 3.63) is 29.8 Å². The van der Waals surface area contributed by atoms with Crippen LogP contribution in [-0.2, 0) is 6.42 Å². The molecule has 1 aromatic rings. The van der Waals surface area contributed by atoms with Gasteiger partial charge in [-0.2, -0.15) is 13.2 Å². The third-order valence-corrected chi connectivity index (χ3v) is 4.75. The van der Waals surface area contributed by atoms with E-state index in [1.54, 1.807) is 0 Å². The lowest BCUT2D eigenvalue weighted by Crippen LogP contribution is -2.41. The summed E-state index contributed by atoms with van der Waals surface area (Å²) in [7, 11) is 0. The van der Waals surface area contributed by atoms with E-state index in [2.05, 4.69) is 22.3 Å². The number of nitrogens with zero attached hydrogens (tertiary/aromatic N) is 3. The third kappa shape index (κ3) is 4.66. The monoisotopic (exact) mass is 354 g/mol. The van der Waals surface area contributed by atoms with Gasteiger partial charge >= 0.3 is 6.18 Å². The fourth-order valence-electron chi connectivity index (χ4n) is 3.63. The number of alkyl halides is 3. The summed E-state index contributed by atoms with van der Waals surface area (Å²) in [6.45, 7) is 4.40. The summed E-state index contributed by atoms with van der Waals surface area (Å²) in [6, 6.07) is 8.29. The summed E-state index contributed by atoms with van der Waals surface area (Å²) in [5.74, 6) is 1.02. The van der Waals surface area contributed by atoms with Crippen LogP contribution >= 0.6 is 0 Å². The number of para-hydroxylation sites is 1. The molecule has 2 aliphatic heterocycles. The van der Waals surface area contributed by atoms with Gasteiger partial charge in [0.2, 0.25) is 0 Å². The van der Waals surface area contributed by atoms with Gasteiger partial charge in [0.15, 0.2) is 5.96 Å². The van der Waals surface area contributed by atoms with Crippen molar-refractivity contribution >= 4 is 11.6 Å². The number of aliphatic imine (C=N–C) groups is 1. The molecular weight excluding hydrogens is 329 g/mol. The van der Waals surface area contributed by atoms with Gasteiger partial charge in [-0.05, 0) is 43.9 Å². The van der Waals surface area contributed by atoms with Crippen LogP contribution in [0.5, 0.6) is 0 Å². The Morgan fingerprint density at radius 3 is 2.84 bits per heavy atom. The van der Waals surface area contributed by atoms with Crippen molar-refractivity contribution in [2.24, 2.45) is 10.9 Å². The van der Waals surface area contributed by atoms with Crippen molar-refractivity contribution in [2.75, 3.05) is 44.2 Å². The maximum Gasteiger partial charge on any atom is 0.401 e. The standard InChI is InChI=1S/C18H25F3N4/c1-2-22-17(25-10-8-15-5-3-4-6-16(15)25)23-11-14-7-9-24(12-14)13-18(19,20)21/h3-6,14H,2,7-13H2,1H3,(H,22,23). The average Bonchev–Trinajstić information content (AvgIpc) is 3.17. The molecule has 1 N–H and O–H groups in total. The lowest BCUT2D eigenvalue weighted by atomic mass is 10.1. The van der Waals surface area contributed by atoms with Crippen LogP contribution < -0.4 is 10.2 Å². The Hall–Kier alpha value is -1.76. The molecule has 1 saturated heterocycles. The molecule has 1 fully saturated rings. The van der Waals surface area contributed by atoms with Gasteiger partial charge in [-0.1, -0.05) is 18.2 Å². The molecule has 1 atom stereocenters. The summed E-state index contributed by atoms with van der Waals surface area (Å²) in [5.41, 5.74) is 2.48. The Bertz CT molecular complexity index is 615. The van der Waals surface area contributed by atoms with Crippen molar-refractivity contribution in [1.82, 2.24) is 10.2 Å². The van der Waals surface area contributed by atoms with Gasteiger partial charge < -0.3 is 10.2 Å². The number of likely N-dealkylation sites (tertiary alicyclic amines) is 1. The molecule has 2 aliphatic rings. The van der Waals surface area contributed by atoms with Crippen LogP contribution in [0.2, 0.25) is 0 Å². The van der Waals surface area contributed by atoms with Gasteiger partial charge in [-0.15, -0.1) is 0 Å². The maximum atomic E-state index is 12.5. The number of rotatable bonds is 4. The molecule has 1 unspecified atom stereocenters. The van der Waals surface area contributed by atoms with Crippen LogP contribution in [0.25, 0.3) is 0 Å². The van der Waals surface area contributed by atoms with Gasteiger partial charge in [0.1, 0.15) is 0 Å². The molecule has 0 amide bonds. The van der Waals surface area contributed by atoms with Crippen LogP contribution in [-0.4, -0.2) is 56.3 Å².